The highest BCUT2D eigenvalue weighted by Gasteiger charge is 2.05. The van der Waals surface area contributed by atoms with Gasteiger partial charge in [0.25, 0.3) is 0 Å². The molecule has 1 nitrogen and oxygen atoms in total. The summed E-state index contributed by atoms with van der Waals surface area (Å²) in [7, 11) is 0. The molecule has 0 aliphatic carbocycles. The molecule has 0 bridgehead atoms. The SMILES string of the molecule is Cc1ccc(C(C)Nc2cc(C)cc(C)c2)cc1. The highest BCUT2D eigenvalue weighted by atomic mass is 14.9. The second kappa shape index (κ2) is 5.26. The van der Waals surface area contributed by atoms with Crippen molar-refractivity contribution >= 4 is 5.69 Å². The maximum atomic E-state index is 3.56. The van der Waals surface area contributed by atoms with E-state index in [1.54, 1.807) is 0 Å². The Bertz CT molecular complexity index is 506. The number of nitrogens with one attached hydrogen (secondary N) is 1. The minimum Gasteiger partial charge on any atom is -0.379 e. The van der Waals surface area contributed by atoms with Gasteiger partial charge in [0.15, 0.2) is 0 Å². The molecule has 0 fully saturated rings. The van der Waals surface area contributed by atoms with Crippen molar-refractivity contribution < 1.29 is 0 Å². The molecule has 1 atom stereocenters. The van der Waals surface area contributed by atoms with Crippen LogP contribution in [-0.4, -0.2) is 0 Å². The fourth-order valence-corrected chi connectivity index (χ4v) is 2.25. The Morgan fingerprint density at radius 1 is 0.778 bits per heavy atom. The van der Waals surface area contributed by atoms with Gasteiger partial charge in [-0.15, -0.1) is 0 Å². The van der Waals surface area contributed by atoms with Gasteiger partial charge in [-0.05, 0) is 56.5 Å². The number of hydrogen-bond donors (Lipinski definition) is 1. The van der Waals surface area contributed by atoms with Crippen LogP contribution in [0.1, 0.15) is 35.2 Å². The monoisotopic (exact) mass is 239 g/mol. The summed E-state index contributed by atoms with van der Waals surface area (Å²) in [6.07, 6.45) is 0. The molecule has 0 aliphatic rings. The van der Waals surface area contributed by atoms with Crippen LogP contribution in [0.2, 0.25) is 0 Å². The Morgan fingerprint density at radius 2 is 1.33 bits per heavy atom. The van der Waals surface area contributed by atoms with Gasteiger partial charge in [-0.1, -0.05) is 35.9 Å². The molecular formula is C17H21N. The van der Waals surface area contributed by atoms with Crippen LogP contribution in [0.25, 0.3) is 0 Å². The molecule has 2 aromatic carbocycles. The summed E-state index contributed by atoms with van der Waals surface area (Å²) in [6, 6.07) is 15.6. The van der Waals surface area contributed by atoms with Crippen LogP contribution in [0.3, 0.4) is 0 Å². The van der Waals surface area contributed by atoms with Gasteiger partial charge in [0.1, 0.15) is 0 Å². The molecule has 0 spiro atoms. The number of aryl methyl sites for hydroxylation is 3. The second-order valence-electron chi connectivity index (χ2n) is 5.15. The number of rotatable bonds is 3. The molecule has 0 heterocycles. The molecule has 0 saturated heterocycles. The molecule has 0 aromatic heterocycles. The summed E-state index contributed by atoms with van der Waals surface area (Å²) in [5, 5.41) is 3.56. The van der Waals surface area contributed by atoms with Crippen LogP contribution >= 0.6 is 0 Å². The van der Waals surface area contributed by atoms with Crippen LogP contribution in [0.5, 0.6) is 0 Å². The van der Waals surface area contributed by atoms with E-state index in [4.69, 9.17) is 0 Å². The molecule has 0 radical (unpaired) electrons. The molecule has 1 heteroatoms. The van der Waals surface area contributed by atoms with Gasteiger partial charge in [0.2, 0.25) is 0 Å². The Hall–Kier alpha value is -1.76. The Kier molecular flexibility index (Phi) is 3.71. The third-order valence-corrected chi connectivity index (χ3v) is 3.18. The van der Waals surface area contributed by atoms with Gasteiger partial charge >= 0.3 is 0 Å². The standard InChI is InChI=1S/C17H21N/c1-12-5-7-16(8-6-12)15(4)18-17-10-13(2)9-14(3)11-17/h5-11,15,18H,1-4H3. The number of hydrogen-bond acceptors (Lipinski definition) is 1. The van der Waals surface area contributed by atoms with E-state index in [1.165, 1.54) is 27.9 Å². The summed E-state index contributed by atoms with van der Waals surface area (Å²) in [4.78, 5) is 0. The minimum atomic E-state index is 0.326. The zero-order chi connectivity index (χ0) is 13.1. The van der Waals surface area contributed by atoms with Gasteiger partial charge in [-0.2, -0.15) is 0 Å². The van der Waals surface area contributed by atoms with E-state index in [2.05, 4.69) is 75.5 Å². The molecule has 0 aliphatic heterocycles. The van der Waals surface area contributed by atoms with E-state index in [0.29, 0.717) is 6.04 Å². The molecule has 94 valence electrons. The molecule has 0 saturated carbocycles. The fraction of sp³-hybridized carbons (Fsp3) is 0.294. The first-order valence-corrected chi connectivity index (χ1v) is 6.46. The lowest BCUT2D eigenvalue weighted by atomic mass is 10.1. The summed E-state index contributed by atoms with van der Waals surface area (Å²) < 4.78 is 0. The summed E-state index contributed by atoms with van der Waals surface area (Å²) >= 11 is 0. The Labute approximate surface area is 110 Å². The first-order valence-electron chi connectivity index (χ1n) is 6.46. The Morgan fingerprint density at radius 3 is 1.89 bits per heavy atom. The first kappa shape index (κ1) is 12.7. The fourth-order valence-electron chi connectivity index (χ4n) is 2.25. The summed E-state index contributed by atoms with van der Waals surface area (Å²) in [6.45, 7) is 8.58. The minimum absolute atomic E-state index is 0.326. The zero-order valence-electron chi connectivity index (χ0n) is 11.6. The van der Waals surface area contributed by atoms with Crippen molar-refractivity contribution in [3.8, 4) is 0 Å². The third-order valence-electron chi connectivity index (χ3n) is 3.18. The Balaban J connectivity index is 2.15. The predicted molar refractivity (Wildman–Crippen MR) is 79.1 cm³/mol. The van der Waals surface area contributed by atoms with Gasteiger partial charge in [0.05, 0.1) is 0 Å². The molecule has 0 amide bonds. The van der Waals surface area contributed by atoms with Crippen molar-refractivity contribution in [2.24, 2.45) is 0 Å². The largest absolute Gasteiger partial charge is 0.379 e. The smallest absolute Gasteiger partial charge is 0.0485 e. The van der Waals surface area contributed by atoms with E-state index in [0.717, 1.165) is 0 Å². The molecular weight excluding hydrogens is 218 g/mol. The topological polar surface area (TPSA) is 12.0 Å². The summed E-state index contributed by atoms with van der Waals surface area (Å²) in [5.41, 5.74) is 6.42. The van der Waals surface area contributed by atoms with Crippen molar-refractivity contribution in [2.45, 2.75) is 33.7 Å². The molecule has 2 rings (SSSR count). The average Bonchev–Trinajstić information content (AvgIpc) is 2.28. The lowest BCUT2D eigenvalue weighted by Gasteiger charge is -2.17. The number of anilines is 1. The lowest BCUT2D eigenvalue weighted by molar-refractivity contribution is 0.883. The van der Waals surface area contributed by atoms with Crippen LogP contribution in [0.15, 0.2) is 42.5 Å². The zero-order valence-corrected chi connectivity index (χ0v) is 11.6. The molecule has 1 N–H and O–H groups in total. The van der Waals surface area contributed by atoms with E-state index in [-0.39, 0.29) is 0 Å². The normalized spacial score (nSPS) is 12.2. The summed E-state index contributed by atoms with van der Waals surface area (Å²) in [5.74, 6) is 0. The number of benzene rings is 2. The molecule has 2 aromatic rings. The van der Waals surface area contributed by atoms with Crippen molar-refractivity contribution in [1.82, 2.24) is 0 Å². The quantitative estimate of drug-likeness (QED) is 0.812. The van der Waals surface area contributed by atoms with Crippen LogP contribution in [0.4, 0.5) is 5.69 Å². The van der Waals surface area contributed by atoms with Gasteiger partial charge in [-0.25, -0.2) is 0 Å². The van der Waals surface area contributed by atoms with Gasteiger partial charge in [0, 0.05) is 11.7 Å². The lowest BCUT2D eigenvalue weighted by Crippen LogP contribution is -2.06. The van der Waals surface area contributed by atoms with Gasteiger partial charge in [-0.3, -0.25) is 0 Å². The van der Waals surface area contributed by atoms with Crippen molar-refractivity contribution in [3.05, 3.63) is 64.7 Å². The van der Waals surface area contributed by atoms with Crippen molar-refractivity contribution in [2.75, 3.05) is 5.32 Å². The first-order chi connectivity index (χ1) is 8.54. The van der Waals surface area contributed by atoms with E-state index in [9.17, 15) is 0 Å². The third kappa shape index (κ3) is 3.13. The van der Waals surface area contributed by atoms with Crippen LogP contribution in [-0.2, 0) is 0 Å². The van der Waals surface area contributed by atoms with Gasteiger partial charge < -0.3 is 5.32 Å². The average molecular weight is 239 g/mol. The molecule has 1 unspecified atom stereocenters. The highest BCUT2D eigenvalue weighted by molar-refractivity contribution is 5.50. The molecule has 18 heavy (non-hydrogen) atoms. The van der Waals surface area contributed by atoms with Crippen molar-refractivity contribution in [3.63, 3.8) is 0 Å². The second-order valence-corrected chi connectivity index (χ2v) is 5.15. The van der Waals surface area contributed by atoms with E-state index < -0.39 is 0 Å². The highest BCUT2D eigenvalue weighted by Crippen LogP contribution is 2.21. The maximum absolute atomic E-state index is 3.56. The van der Waals surface area contributed by atoms with Crippen LogP contribution in [0, 0.1) is 20.8 Å². The van der Waals surface area contributed by atoms with E-state index in [1.807, 2.05) is 0 Å². The predicted octanol–water partition coefficient (Wildman–Crippen LogP) is 4.78. The van der Waals surface area contributed by atoms with Crippen molar-refractivity contribution in [1.29, 1.82) is 0 Å². The maximum Gasteiger partial charge on any atom is 0.0485 e. The van der Waals surface area contributed by atoms with E-state index >= 15 is 0 Å². The van der Waals surface area contributed by atoms with Crippen LogP contribution < -0.4 is 5.32 Å².